The molecule has 0 aliphatic heterocycles. The highest BCUT2D eigenvalue weighted by molar-refractivity contribution is 7.97. The third-order valence-electron chi connectivity index (χ3n) is 2.76. The molecule has 0 spiro atoms. The summed E-state index contributed by atoms with van der Waals surface area (Å²) in [4.78, 5) is 1.54. The van der Waals surface area contributed by atoms with Crippen LogP contribution in [0.4, 0.5) is 13.2 Å². The normalized spacial score (nSPS) is 10.7. The van der Waals surface area contributed by atoms with Crippen molar-refractivity contribution in [1.82, 2.24) is 0 Å². The highest BCUT2D eigenvalue weighted by atomic mass is 32.2. The lowest BCUT2D eigenvalue weighted by Gasteiger charge is -2.06. The molecular weight excluding hydrogens is 269 g/mol. The second-order valence-corrected chi connectivity index (χ2v) is 6.37. The van der Waals surface area contributed by atoms with Crippen LogP contribution in [0.5, 0.6) is 0 Å². The fourth-order valence-corrected chi connectivity index (χ4v) is 3.76. The van der Waals surface area contributed by atoms with Gasteiger partial charge in [0.25, 0.3) is 0 Å². The molecule has 0 aliphatic rings. The Hall–Kier alpha value is -1.16. The lowest BCUT2D eigenvalue weighted by atomic mass is 10.1. The maximum absolute atomic E-state index is 9.67. The first-order chi connectivity index (χ1) is 9.10. The zero-order valence-electron chi connectivity index (χ0n) is 11.1. The molecule has 19 heavy (non-hydrogen) atoms. The van der Waals surface area contributed by atoms with Gasteiger partial charge < -0.3 is 0 Å². The Morgan fingerprint density at radius 1 is 0.895 bits per heavy atom. The number of fused-ring (bicyclic) bond motifs is 1. The van der Waals surface area contributed by atoms with Crippen molar-refractivity contribution in [2.75, 3.05) is 11.5 Å². The molecule has 4 heteroatoms. The molecular formula is C15H18F3S+. The van der Waals surface area contributed by atoms with Crippen molar-refractivity contribution in [3.05, 3.63) is 42.5 Å². The van der Waals surface area contributed by atoms with E-state index in [1.54, 1.807) is 0 Å². The fraction of sp³-hybridized carbons (Fsp3) is 0.333. The van der Waals surface area contributed by atoms with E-state index in [2.05, 4.69) is 56.3 Å². The lowest BCUT2D eigenvalue weighted by molar-refractivity contribution is 0.00819. The van der Waals surface area contributed by atoms with E-state index in [0.717, 1.165) is 0 Å². The van der Waals surface area contributed by atoms with Gasteiger partial charge >= 0.3 is 6.68 Å². The molecule has 0 radical (unpaired) electrons. The minimum atomic E-state index is -3.67. The van der Waals surface area contributed by atoms with Crippen molar-refractivity contribution in [2.45, 2.75) is 25.4 Å². The van der Waals surface area contributed by atoms with E-state index < -0.39 is 6.68 Å². The summed E-state index contributed by atoms with van der Waals surface area (Å²) in [6.07, 6.45) is 0. The molecule has 0 saturated heterocycles. The smallest absolute Gasteiger partial charge is 0.174 e. The number of rotatable bonds is 3. The molecule has 0 amide bonds. The third kappa shape index (κ3) is 4.78. The monoisotopic (exact) mass is 287 g/mol. The molecule has 2 rings (SSSR count). The van der Waals surface area contributed by atoms with E-state index in [4.69, 9.17) is 0 Å². The summed E-state index contributed by atoms with van der Waals surface area (Å²) in [5.41, 5.74) is 0. The minimum Gasteiger partial charge on any atom is -0.174 e. The number of hydrogen-bond acceptors (Lipinski definition) is 0. The molecule has 0 heterocycles. The lowest BCUT2D eigenvalue weighted by Crippen LogP contribution is -2.08. The highest BCUT2D eigenvalue weighted by Gasteiger charge is 2.18. The fourth-order valence-electron chi connectivity index (χ4n) is 1.96. The Labute approximate surface area is 115 Å². The van der Waals surface area contributed by atoms with Gasteiger partial charge in [-0.3, -0.25) is 0 Å². The van der Waals surface area contributed by atoms with Crippen molar-refractivity contribution < 1.29 is 13.2 Å². The van der Waals surface area contributed by atoms with E-state index in [0.29, 0.717) is 10.9 Å². The zero-order chi connectivity index (χ0) is 14.3. The summed E-state index contributed by atoms with van der Waals surface area (Å²) in [5.74, 6) is 2.51. The first-order valence-electron chi connectivity index (χ1n) is 6.17. The van der Waals surface area contributed by atoms with Gasteiger partial charge in [0, 0.05) is 16.3 Å². The molecule has 0 aliphatic carbocycles. The number of halogens is 3. The summed E-state index contributed by atoms with van der Waals surface area (Å²) < 4.78 is 29.0. The molecule has 0 fully saturated rings. The van der Waals surface area contributed by atoms with Gasteiger partial charge in [0.2, 0.25) is 0 Å². The van der Waals surface area contributed by atoms with Crippen LogP contribution in [0.2, 0.25) is 0 Å². The van der Waals surface area contributed by atoms with Crippen molar-refractivity contribution >= 4 is 21.7 Å². The standard InChI is InChI=1S/C14H17S.CHF3/c1-3-15(4-2)14-11-7-9-12-8-5-6-10-13(12)14;2-1(3)4/h5-11H,3-4H2,1-2H3;1H/q+1;. The second-order valence-electron chi connectivity index (χ2n) is 3.79. The van der Waals surface area contributed by atoms with Crippen LogP contribution in [-0.2, 0) is 10.9 Å². The predicted octanol–water partition coefficient (Wildman–Crippen LogP) is 5.04. The van der Waals surface area contributed by atoms with Crippen LogP contribution in [0.1, 0.15) is 13.8 Å². The van der Waals surface area contributed by atoms with Gasteiger partial charge in [-0.25, -0.2) is 0 Å². The Morgan fingerprint density at radius 2 is 1.42 bits per heavy atom. The third-order valence-corrected chi connectivity index (χ3v) is 5.13. The summed E-state index contributed by atoms with van der Waals surface area (Å²) >= 11 is 0. The molecule has 0 nitrogen and oxygen atoms in total. The highest BCUT2D eigenvalue weighted by Crippen LogP contribution is 2.24. The molecule has 0 N–H and O–H groups in total. The molecule has 0 atom stereocenters. The molecule has 104 valence electrons. The van der Waals surface area contributed by atoms with Crippen molar-refractivity contribution in [1.29, 1.82) is 0 Å². The van der Waals surface area contributed by atoms with Crippen LogP contribution >= 0.6 is 0 Å². The van der Waals surface area contributed by atoms with Gasteiger partial charge in [0.15, 0.2) is 4.90 Å². The van der Waals surface area contributed by atoms with Gasteiger partial charge in [-0.1, -0.05) is 30.3 Å². The largest absolute Gasteiger partial charge is 0.379 e. The Bertz CT molecular complexity index is 487. The van der Waals surface area contributed by atoms with Crippen molar-refractivity contribution in [2.24, 2.45) is 0 Å². The first kappa shape index (κ1) is 15.9. The van der Waals surface area contributed by atoms with Crippen molar-refractivity contribution in [3.8, 4) is 0 Å². The van der Waals surface area contributed by atoms with Crippen LogP contribution in [0.3, 0.4) is 0 Å². The molecule has 0 bridgehead atoms. The maximum atomic E-state index is 9.67. The molecule has 0 aromatic heterocycles. The SMILES string of the molecule is CC[S+](CC)c1cccc2ccccc12.FC(F)F. The Kier molecular flexibility index (Phi) is 6.78. The maximum Gasteiger partial charge on any atom is 0.379 e. The number of benzene rings is 2. The van der Waals surface area contributed by atoms with Crippen LogP contribution in [0.25, 0.3) is 10.8 Å². The Morgan fingerprint density at radius 3 is 2.00 bits per heavy atom. The first-order valence-corrected chi connectivity index (χ1v) is 7.73. The van der Waals surface area contributed by atoms with Crippen LogP contribution in [0, 0.1) is 0 Å². The summed E-state index contributed by atoms with van der Waals surface area (Å²) in [7, 11) is 0.424. The van der Waals surface area contributed by atoms with Crippen LogP contribution < -0.4 is 0 Å². The van der Waals surface area contributed by atoms with Gasteiger partial charge in [-0.05, 0) is 31.4 Å². The molecule has 0 unspecified atom stereocenters. The van der Waals surface area contributed by atoms with E-state index in [-0.39, 0.29) is 0 Å². The van der Waals surface area contributed by atoms with Gasteiger partial charge in [0.1, 0.15) is 11.5 Å². The average Bonchev–Trinajstić information content (AvgIpc) is 2.40. The minimum absolute atomic E-state index is 0.424. The topological polar surface area (TPSA) is 0 Å². The average molecular weight is 287 g/mol. The van der Waals surface area contributed by atoms with E-state index in [1.165, 1.54) is 27.2 Å². The summed E-state index contributed by atoms with van der Waals surface area (Å²) in [6.45, 7) is 0.906. The quantitative estimate of drug-likeness (QED) is 0.694. The molecule has 0 saturated carbocycles. The van der Waals surface area contributed by atoms with E-state index in [9.17, 15) is 13.2 Å². The van der Waals surface area contributed by atoms with Crippen LogP contribution in [0.15, 0.2) is 47.4 Å². The van der Waals surface area contributed by atoms with Gasteiger partial charge in [0.05, 0.1) is 0 Å². The number of alkyl halides is 3. The van der Waals surface area contributed by atoms with Gasteiger partial charge in [-0.2, -0.15) is 13.2 Å². The molecule has 2 aromatic carbocycles. The summed E-state index contributed by atoms with van der Waals surface area (Å²) in [6, 6.07) is 15.4. The predicted molar refractivity (Wildman–Crippen MR) is 77.8 cm³/mol. The van der Waals surface area contributed by atoms with E-state index >= 15 is 0 Å². The van der Waals surface area contributed by atoms with E-state index in [1.807, 2.05) is 0 Å². The van der Waals surface area contributed by atoms with Gasteiger partial charge in [-0.15, -0.1) is 0 Å². The molecule has 2 aromatic rings. The number of hydrogen-bond donors (Lipinski definition) is 0. The zero-order valence-corrected chi connectivity index (χ0v) is 11.9. The Balaban J connectivity index is 0.000000399. The van der Waals surface area contributed by atoms with Crippen LogP contribution in [-0.4, -0.2) is 18.2 Å². The summed E-state index contributed by atoms with van der Waals surface area (Å²) in [5, 5.41) is 2.81. The van der Waals surface area contributed by atoms with Crippen molar-refractivity contribution in [3.63, 3.8) is 0 Å². The second kappa shape index (κ2) is 8.10.